The summed E-state index contributed by atoms with van der Waals surface area (Å²) in [7, 11) is 0. The second-order valence-corrected chi connectivity index (χ2v) is 3.05. The zero-order chi connectivity index (χ0) is 9.78. The largest absolute Gasteiger partial charge is 0.404 e. The molecule has 0 aliphatic carbocycles. The van der Waals surface area contributed by atoms with Crippen LogP contribution in [0.25, 0.3) is 0 Å². The van der Waals surface area contributed by atoms with E-state index in [-0.39, 0.29) is 12.1 Å². The monoisotopic (exact) mass is 176 g/mol. The predicted molar refractivity (Wildman–Crippen MR) is 45.8 cm³/mol. The zero-order valence-electron chi connectivity index (χ0n) is 7.32. The number of nitrogens with one attached hydrogen (secondary N) is 1. The van der Waals surface area contributed by atoms with Crippen LogP contribution in [0, 0.1) is 5.41 Å². The van der Waals surface area contributed by atoms with Gasteiger partial charge < -0.3 is 11.1 Å². The molecule has 0 rings (SSSR count). The topological polar surface area (TPSA) is 49.9 Å². The van der Waals surface area contributed by atoms with Crippen LogP contribution in [0.5, 0.6) is 0 Å². The molecule has 3 N–H and O–H groups in total. The van der Waals surface area contributed by atoms with Gasteiger partial charge in [-0.05, 0) is 25.6 Å². The van der Waals surface area contributed by atoms with E-state index in [1.54, 1.807) is 6.92 Å². The molecular formula is C8H14F2N2. The summed E-state index contributed by atoms with van der Waals surface area (Å²) in [4.78, 5) is 0. The van der Waals surface area contributed by atoms with Crippen molar-refractivity contribution in [2.24, 2.45) is 5.73 Å². The smallest absolute Gasteiger partial charge is 0.141 e. The third kappa shape index (κ3) is 3.46. The minimum Gasteiger partial charge on any atom is -0.404 e. The normalized spacial score (nSPS) is 17.2. The van der Waals surface area contributed by atoms with Crippen molar-refractivity contribution in [2.75, 3.05) is 6.67 Å². The van der Waals surface area contributed by atoms with E-state index in [2.05, 4.69) is 0 Å². The number of nitrogens with two attached hydrogens (primary N) is 1. The second kappa shape index (κ2) is 4.18. The van der Waals surface area contributed by atoms with Gasteiger partial charge in [0, 0.05) is 12.1 Å². The lowest BCUT2D eigenvalue weighted by Gasteiger charge is -2.16. The third-order valence-electron chi connectivity index (χ3n) is 1.55. The van der Waals surface area contributed by atoms with Crippen LogP contribution in [0.15, 0.2) is 11.8 Å². The van der Waals surface area contributed by atoms with E-state index in [1.165, 1.54) is 6.20 Å². The molecule has 0 fully saturated rings. The fraction of sp³-hybridized carbons (Fsp3) is 0.625. The van der Waals surface area contributed by atoms with Crippen molar-refractivity contribution >= 4 is 5.71 Å². The molecule has 0 radical (unpaired) electrons. The van der Waals surface area contributed by atoms with E-state index in [0.717, 1.165) is 6.92 Å². The van der Waals surface area contributed by atoms with E-state index in [1.807, 2.05) is 0 Å². The molecule has 0 aromatic carbocycles. The third-order valence-corrected chi connectivity index (χ3v) is 1.55. The van der Waals surface area contributed by atoms with Gasteiger partial charge >= 0.3 is 0 Å². The average molecular weight is 176 g/mol. The Hall–Kier alpha value is -0.930. The summed E-state index contributed by atoms with van der Waals surface area (Å²) >= 11 is 0. The maximum atomic E-state index is 13.0. The molecule has 0 heterocycles. The Labute approximate surface area is 71.0 Å². The summed E-state index contributed by atoms with van der Waals surface area (Å²) in [6.07, 6.45) is 0.986. The highest BCUT2D eigenvalue weighted by Crippen LogP contribution is 2.18. The van der Waals surface area contributed by atoms with E-state index in [4.69, 9.17) is 11.1 Å². The first-order chi connectivity index (χ1) is 5.43. The van der Waals surface area contributed by atoms with Crippen molar-refractivity contribution in [3.63, 3.8) is 0 Å². The Balaban J connectivity index is 4.19. The lowest BCUT2D eigenvalue weighted by Crippen LogP contribution is -2.25. The van der Waals surface area contributed by atoms with Gasteiger partial charge in [0.25, 0.3) is 0 Å². The molecule has 12 heavy (non-hydrogen) atoms. The summed E-state index contributed by atoms with van der Waals surface area (Å²) in [5, 5.41) is 7.30. The van der Waals surface area contributed by atoms with Crippen molar-refractivity contribution in [1.29, 1.82) is 5.41 Å². The molecule has 0 spiro atoms. The molecular weight excluding hydrogens is 162 g/mol. The van der Waals surface area contributed by atoms with Crippen LogP contribution in [0.2, 0.25) is 0 Å². The molecule has 0 aromatic heterocycles. The van der Waals surface area contributed by atoms with Gasteiger partial charge in [0.15, 0.2) is 0 Å². The standard InChI is InChI=1S/C8H14F2N2/c1-6(4-11)7(12)3-8(2,10)5-9/h4,12H,3,5,11H2,1-2H3/b6-4-,12-7?/t8-/m0/s1. The highest BCUT2D eigenvalue weighted by atomic mass is 19.2. The molecule has 1 atom stereocenters. The summed E-state index contributed by atoms with van der Waals surface area (Å²) in [5.74, 6) is 0. The number of halogens is 2. The van der Waals surface area contributed by atoms with E-state index < -0.39 is 12.3 Å². The van der Waals surface area contributed by atoms with E-state index in [9.17, 15) is 8.78 Å². The fourth-order valence-corrected chi connectivity index (χ4v) is 0.656. The average Bonchev–Trinajstić information content (AvgIpc) is 2.02. The highest BCUT2D eigenvalue weighted by Gasteiger charge is 2.25. The molecule has 0 aromatic rings. The summed E-state index contributed by atoms with van der Waals surface area (Å²) < 4.78 is 25.0. The first-order valence-electron chi connectivity index (χ1n) is 3.64. The van der Waals surface area contributed by atoms with Gasteiger partial charge in [0.05, 0.1) is 0 Å². The Morgan fingerprint density at radius 2 is 2.17 bits per heavy atom. The summed E-state index contributed by atoms with van der Waals surface area (Å²) in [6.45, 7) is 1.65. The SMILES string of the molecule is C/C(=C/N)C(=N)C[C@](C)(F)CF. The first kappa shape index (κ1) is 11.1. The highest BCUT2D eigenvalue weighted by molar-refractivity contribution is 5.97. The molecule has 0 bridgehead atoms. The zero-order valence-corrected chi connectivity index (χ0v) is 7.32. The van der Waals surface area contributed by atoms with Crippen LogP contribution in [0.3, 0.4) is 0 Å². The van der Waals surface area contributed by atoms with Gasteiger partial charge in [-0.25, -0.2) is 8.78 Å². The van der Waals surface area contributed by atoms with Gasteiger partial charge in [-0.15, -0.1) is 0 Å². The van der Waals surface area contributed by atoms with Gasteiger partial charge in [-0.1, -0.05) is 0 Å². The molecule has 70 valence electrons. The number of hydrogen-bond acceptors (Lipinski definition) is 2. The number of allylic oxidation sites excluding steroid dienone is 1. The van der Waals surface area contributed by atoms with Gasteiger partial charge in [-0.2, -0.15) is 0 Å². The van der Waals surface area contributed by atoms with Crippen molar-refractivity contribution in [2.45, 2.75) is 25.9 Å². The maximum absolute atomic E-state index is 13.0. The van der Waals surface area contributed by atoms with Crippen LogP contribution in [0.1, 0.15) is 20.3 Å². The van der Waals surface area contributed by atoms with Gasteiger partial charge in [0.1, 0.15) is 12.3 Å². The molecule has 2 nitrogen and oxygen atoms in total. The van der Waals surface area contributed by atoms with Crippen LogP contribution in [-0.4, -0.2) is 18.1 Å². The second-order valence-electron chi connectivity index (χ2n) is 3.05. The maximum Gasteiger partial charge on any atom is 0.141 e. The minimum atomic E-state index is -1.94. The molecule has 0 saturated heterocycles. The molecule has 0 aliphatic rings. The van der Waals surface area contributed by atoms with Crippen LogP contribution >= 0.6 is 0 Å². The quantitative estimate of drug-likeness (QED) is 0.632. The first-order valence-corrected chi connectivity index (χ1v) is 3.64. The van der Waals surface area contributed by atoms with Crippen molar-refractivity contribution < 1.29 is 8.78 Å². The molecule has 0 saturated carbocycles. The molecule has 0 amide bonds. The lowest BCUT2D eigenvalue weighted by atomic mass is 9.99. The van der Waals surface area contributed by atoms with Crippen LogP contribution in [-0.2, 0) is 0 Å². The summed E-state index contributed by atoms with van der Waals surface area (Å²) in [6, 6.07) is 0. The van der Waals surface area contributed by atoms with E-state index in [0.29, 0.717) is 5.57 Å². The lowest BCUT2D eigenvalue weighted by molar-refractivity contribution is 0.150. The number of hydrogen-bond donors (Lipinski definition) is 2. The molecule has 0 unspecified atom stereocenters. The van der Waals surface area contributed by atoms with Crippen molar-refractivity contribution in [1.82, 2.24) is 0 Å². The fourth-order valence-electron chi connectivity index (χ4n) is 0.656. The molecule has 4 heteroatoms. The number of rotatable bonds is 4. The van der Waals surface area contributed by atoms with Crippen LogP contribution < -0.4 is 5.73 Å². The Morgan fingerprint density at radius 3 is 2.50 bits per heavy atom. The number of alkyl halides is 2. The molecule has 0 aliphatic heterocycles. The van der Waals surface area contributed by atoms with Crippen molar-refractivity contribution in [3.8, 4) is 0 Å². The van der Waals surface area contributed by atoms with Crippen molar-refractivity contribution in [3.05, 3.63) is 11.8 Å². The van der Waals surface area contributed by atoms with Crippen LogP contribution in [0.4, 0.5) is 8.78 Å². The predicted octanol–water partition coefficient (Wildman–Crippen LogP) is 1.96. The summed E-state index contributed by atoms with van der Waals surface area (Å²) in [5.41, 5.74) is 3.69. The Kier molecular flexibility index (Phi) is 3.86. The van der Waals surface area contributed by atoms with E-state index >= 15 is 0 Å². The Morgan fingerprint density at radius 1 is 1.67 bits per heavy atom. The van der Waals surface area contributed by atoms with Gasteiger partial charge in [-0.3, -0.25) is 0 Å². The minimum absolute atomic E-state index is 0.0418. The Bertz CT molecular complexity index is 197. The van der Waals surface area contributed by atoms with Gasteiger partial charge in [0.2, 0.25) is 0 Å².